The van der Waals surface area contributed by atoms with Gasteiger partial charge >= 0.3 is 0 Å². The van der Waals surface area contributed by atoms with Gasteiger partial charge in [0, 0.05) is 5.56 Å². The lowest BCUT2D eigenvalue weighted by Gasteiger charge is -2.11. The highest BCUT2D eigenvalue weighted by Gasteiger charge is 2.36. The van der Waals surface area contributed by atoms with Gasteiger partial charge in [-0.05, 0) is 58.1 Å². The number of benzene rings is 2. The average Bonchev–Trinajstić information content (AvgIpc) is 2.90. The molecular weight excluding hydrogens is 465 g/mol. The Hall–Kier alpha value is -2.13. The highest BCUT2D eigenvalue weighted by Crippen LogP contribution is 2.33. The first-order valence-corrected chi connectivity index (χ1v) is 9.56. The van der Waals surface area contributed by atoms with Gasteiger partial charge in [0.2, 0.25) is 0 Å². The first-order valence-electron chi connectivity index (χ1n) is 7.67. The molecule has 1 heterocycles. The van der Waals surface area contributed by atoms with Gasteiger partial charge in [-0.1, -0.05) is 36.4 Å². The lowest BCUT2D eigenvalue weighted by Crippen LogP contribution is -2.33. The molecule has 1 saturated heterocycles. The van der Waals surface area contributed by atoms with Gasteiger partial charge < -0.3 is 4.74 Å². The Morgan fingerprint density at radius 1 is 1.19 bits per heavy atom. The van der Waals surface area contributed by atoms with Crippen molar-refractivity contribution in [3.05, 3.63) is 68.1 Å². The van der Waals surface area contributed by atoms with Crippen molar-refractivity contribution in [1.29, 1.82) is 0 Å². The first-order chi connectivity index (χ1) is 12.5. The van der Waals surface area contributed by atoms with Gasteiger partial charge in [-0.15, -0.1) is 0 Å². The number of hydrogen-bond donors (Lipinski definition) is 0. The van der Waals surface area contributed by atoms with Crippen LogP contribution in [-0.4, -0.2) is 35.5 Å². The van der Waals surface area contributed by atoms with E-state index in [0.717, 1.165) is 31.5 Å². The van der Waals surface area contributed by atoms with Crippen LogP contribution < -0.4 is 4.74 Å². The number of Topliss-reactive ketones (excluding diaryl/α,β-unsaturated/α-hetero) is 1. The molecular formula is C19H14INO4S. The van der Waals surface area contributed by atoms with Crippen molar-refractivity contribution in [3.63, 3.8) is 0 Å². The number of carbonyl (C=O) groups is 3. The Morgan fingerprint density at radius 3 is 2.58 bits per heavy atom. The van der Waals surface area contributed by atoms with E-state index in [4.69, 9.17) is 4.74 Å². The minimum Gasteiger partial charge on any atom is -0.496 e. The summed E-state index contributed by atoms with van der Waals surface area (Å²) in [6.45, 7) is -0.258. The maximum atomic E-state index is 12.5. The molecule has 5 nitrogen and oxygen atoms in total. The molecule has 0 atom stereocenters. The highest BCUT2D eigenvalue weighted by atomic mass is 127. The maximum Gasteiger partial charge on any atom is 0.293 e. The molecule has 2 aromatic carbocycles. The third kappa shape index (κ3) is 3.99. The normalized spacial score (nSPS) is 15.6. The molecule has 0 radical (unpaired) electrons. The van der Waals surface area contributed by atoms with Gasteiger partial charge in [0.15, 0.2) is 5.78 Å². The fourth-order valence-electron chi connectivity index (χ4n) is 2.42. The van der Waals surface area contributed by atoms with Gasteiger partial charge in [0.25, 0.3) is 11.1 Å². The number of hydrogen-bond acceptors (Lipinski definition) is 5. The minimum atomic E-state index is -0.449. The van der Waals surface area contributed by atoms with Crippen molar-refractivity contribution in [2.24, 2.45) is 0 Å². The van der Waals surface area contributed by atoms with Crippen LogP contribution in [0.5, 0.6) is 5.75 Å². The molecule has 0 aliphatic carbocycles. The second kappa shape index (κ2) is 8.05. The number of ether oxygens (including phenoxy) is 1. The zero-order valence-electron chi connectivity index (χ0n) is 13.8. The van der Waals surface area contributed by atoms with Crippen molar-refractivity contribution in [3.8, 4) is 5.75 Å². The molecule has 132 valence electrons. The molecule has 3 rings (SSSR count). The summed E-state index contributed by atoms with van der Waals surface area (Å²) in [6, 6.07) is 14.1. The fraction of sp³-hybridized carbons (Fsp3) is 0.105. The lowest BCUT2D eigenvalue weighted by atomic mass is 10.1. The number of nitrogens with zero attached hydrogens (tertiary/aromatic N) is 1. The highest BCUT2D eigenvalue weighted by molar-refractivity contribution is 14.1. The summed E-state index contributed by atoms with van der Waals surface area (Å²) < 4.78 is 6.11. The minimum absolute atomic E-state index is 0.258. The van der Waals surface area contributed by atoms with Gasteiger partial charge in [0.1, 0.15) is 5.75 Å². The van der Waals surface area contributed by atoms with Gasteiger partial charge in [-0.2, -0.15) is 0 Å². The van der Waals surface area contributed by atoms with Crippen molar-refractivity contribution in [1.82, 2.24) is 4.90 Å². The number of rotatable bonds is 5. The second-order valence-electron chi connectivity index (χ2n) is 5.45. The summed E-state index contributed by atoms with van der Waals surface area (Å²) in [7, 11) is 1.59. The number of ketones is 1. The molecule has 0 bridgehead atoms. The molecule has 7 heteroatoms. The quantitative estimate of drug-likeness (QED) is 0.365. The van der Waals surface area contributed by atoms with Crippen LogP contribution in [0.4, 0.5) is 4.79 Å². The third-order valence-corrected chi connectivity index (χ3v) is 5.50. The predicted molar refractivity (Wildman–Crippen MR) is 109 cm³/mol. The summed E-state index contributed by atoms with van der Waals surface area (Å²) in [5.41, 5.74) is 1.26. The molecule has 1 fully saturated rings. The van der Waals surface area contributed by atoms with Crippen LogP contribution in [0.25, 0.3) is 6.08 Å². The third-order valence-electron chi connectivity index (χ3n) is 3.74. The SMILES string of the molecule is COc1ccc(/C=C2\SC(=O)N(CC(=O)c3ccccc3)C2=O)cc1I. The van der Waals surface area contributed by atoms with Crippen LogP contribution >= 0.6 is 34.4 Å². The number of thioether (sulfide) groups is 1. The van der Waals surface area contributed by atoms with E-state index < -0.39 is 11.1 Å². The van der Waals surface area contributed by atoms with Crippen molar-refractivity contribution in [2.75, 3.05) is 13.7 Å². The van der Waals surface area contributed by atoms with E-state index in [9.17, 15) is 14.4 Å². The van der Waals surface area contributed by atoms with E-state index in [1.807, 2.05) is 12.1 Å². The Morgan fingerprint density at radius 2 is 1.92 bits per heavy atom. The summed E-state index contributed by atoms with van der Waals surface area (Å²) >= 11 is 2.98. The number of methoxy groups -OCH3 is 1. The summed E-state index contributed by atoms with van der Waals surface area (Å²) in [5, 5.41) is -0.436. The molecule has 1 aliphatic heterocycles. The van der Waals surface area contributed by atoms with Gasteiger partial charge in [-0.25, -0.2) is 0 Å². The molecule has 1 aliphatic rings. The first kappa shape index (κ1) is 18.7. The molecule has 0 saturated carbocycles. The molecule has 2 aromatic rings. The molecule has 0 aromatic heterocycles. The Bertz CT molecular complexity index is 911. The largest absolute Gasteiger partial charge is 0.496 e. The Kier molecular flexibility index (Phi) is 5.77. The van der Waals surface area contributed by atoms with Crippen LogP contribution in [0.15, 0.2) is 53.4 Å². The van der Waals surface area contributed by atoms with E-state index in [1.54, 1.807) is 49.6 Å². The van der Waals surface area contributed by atoms with Crippen LogP contribution in [0.3, 0.4) is 0 Å². The smallest absolute Gasteiger partial charge is 0.293 e. The summed E-state index contributed by atoms with van der Waals surface area (Å²) in [6.07, 6.45) is 1.65. The number of carbonyl (C=O) groups excluding carboxylic acids is 3. The summed E-state index contributed by atoms with van der Waals surface area (Å²) in [4.78, 5) is 38.3. The van der Waals surface area contributed by atoms with Crippen molar-refractivity contribution < 1.29 is 19.1 Å². The topological polar surface area (TPSA) is 63.7 Å². The van der Waals surface area contributed by atoms with E-state index in [-0.39, 0.29) is 12.3 Å². The van der Waals surface area contributed by atoms with Crippen LogP contribution in [0.1, 0.15) is 15.9 Å². The van der Waals surface area contributed by atoms with Gasteiger partial charge in [0.05, 0.1) is 22.1 Å². The number of amides is 2. The van der Waals surface area contributed by atoms with E-state index in [2.05, 4.69) is 22.6 Å². The van der Waals surface area contributed by atoms with E-state index in [0.29, 0.717) is 10.5 Å². The standard InChI is InChI=1S/C19H14INO4S/c1-25-16-8-7-12(9-14(16)20)10-17-18(23)21(19(24)26-17)11-15(22)13-5-3-2-4-6-13/h2-10H,11H2,1H3/b17-10-. The molecule has 2 amide bonds. The lowest BCUT2D eigenvalue weighted by molar-refractivity contribution is -0.122. The Labute approximate surface area is 168 Å². The molecule has 26 heavy (non-hydrogen) atoms. The van der Waals surface area contributed by atoms with Crippen LogP contribution in [-0.2, 0) is 4.79 Å². The van der Waals surface area contributed by atoms with E-state index in [1.165, 1.54) is 0 Å². The molecule has 0 unspecified atom stereocenters. The van der Waals surface area contributed by atoms with Crippen molar-refractivity contribution in [2.45, 2.75) is 0 Å². The monoisotopic (exact) mass is 479 g/mol. The second-order valence-corrected chi connectivity index (χ2v) is 7.61. The van der Waals surface area contributed by atoms with Crippen LogP contribution in [0, 0.1) is 3.57 Å². The summed E-state index contributed by atoms with van der Waals surface area (Å²) in [5.74, 6) is 0.0209. The molecule has 0 N–H and O–H groups in total. The number of imide groups is 1. The zero-order valence-corrected chi connectivity index (χ0v) is 16.7. The Balaban J connectivity index is 1.78. The average molecular weight is 479 g/mol. The van der Waals surface area contributed by atoms with Crippen molar-refractivity contribution >= 4 is 57.4 Å². The fourth-order valence-corrected chi connectivity index (χ4v) is 4.02. The van der Waals surface area contributed by atoms with Gasteiger partial charge in [-0.3, -0.25) is 19.3 Å². The number of halogens is 1. The van der Waals surface area contributed by atoms with E-state index >= 15 is 0 Å². The van der Waals surface area contributed by atoms with Crippen LogP contribution in [0.2, 0.25) is 0 Å². The molecule has 0 spiro atoms. The zero-order chi connectivity index (χ0) is 18.7. The maximum absolute atomic E-state index is 12.5. The predicted octanol–water partition coefficient (Wildman–Crippen LogP) is 4.22.